The van der Waals surface area contributed by atoms with Crippen LogP contribution in [0.1, 0.15) is 20.8 Å². The first-order valence-corrected chi connectivity index (χ1v) is 10.1. The predicted molar refractivity (Wildman–Crippen MR) is 116 cm³/mol. The van der Waals surface area contributed by atoms with Crippen LogP contribution in [-0.4, -0.2) is 42.8 Å². The molecule has 5 nitrogen and oxygen atoms in total. The molecule has 6 heteroatoms. The fourth-order valence-corrected chi connectivity index (χ4v) is 3.20. The first-order chi connectivity index (χ1) is 12.8. The van der Waals surface area contributed by atoms with Crippen LogP contribution in [-0.2, 0) is 4.74 Å². The molecule has 0 aromatic heterocycles. The Morgan fingerprint density at radius 1 is 0.889 bits per heavy atom. The van der Waals surface area contributed by atoms with Gasteiger partial charge in [0.15, 0.2) is 0 Å². The summed E-state index contributed by atoms with van der Waals surface area (Å²) in [6, 6.07) is 16.1. The van der Waals surface area contributed by atoms with E-state index in [4.69, 9.17) is 9.47 Å². The van der Waals surface area contributed by atoms with E-state index in [1.165, 1.54) is 3.57 Å². The molecule has 27 heavy (non-hydrogen) atoms. The van der Waals surface area contributed by atoms with E-state index in [0.29, 0.717) is 13.1 Å². The van der Waals surface area contributed by atoms with Crippen LogP contribution < -0.4 is 9.64 Å². The summed E-state index contributed by atoms with van der Waals surface area (Å²) in [6.07, 6.45) is -0.233. The lowest BCUT2D eigenvalue weighted by molar-refractivity contribution is 0.0240. The molecule has 1 fully saturated rings. The normalized spacial score (nSPS) is 14.8. The number of hydrogen-bond acceptors (Lipinski definition) is 4. The van der Waals surface area contributed by atoms with E-state index in [0.717, 1.165) is 30.3 Å². The number of anilines is 1. The molecule has 0 spiro atoms. The summed E-state index contributed by atoms with van der Waals surface area (Å²) in [5.41, 5.74) is 0.676. The first-order valence-electron chi connectivity index (χ1n) is 9.06. The maximum Gasteiger partial charge on any atom is 0.410 e. The van der Waals surface area contributed by atoms with Gasteiger partial charge in [0.1, 0.15) is 17.1 Å². The molecule has 1 aliphatic heterocycles. The second kappa shape index (κ2) is 8.37. The molecule has 0 unspecified atom stereocenters. The van der Waals surface area contributed by atoms with Crippen molar-refractivity contribution in [1.29, 1.82) is 0 Å². The maximum absolute atomic E-state index is 12.2. The van der Waals surface area contributed by atoms with Gasteiger partial charge >= 0.3 is 6.09 Å². The van der Waals surface area contributed by atoms with Gasteiger partial charge in [0, 0.05) is 35.4 Å². The van der Waals surface area contributed by atoms with Gasteiger partial charge in [0.25, 0.3) is 0 Å². The summed E-state index contributed by atoms with van der Waals surface area (Å²) < 4.78 is 12.5. The van der Waals surface area contributed by atoms with E-state index in [2.05, 4.69) is 39.6 Å². The van der Waals surface area contributed by atoms with E-state index < -0.39 is 5.60 Å². The molecule has 3 rings (SSSR count). The molecule has 0 bridgehead atoms. The Labute approximate surface area is 174 Å². The van der Waals surface area contributed by atoms with Crippen LogP contribution in [0.25, 0.3) is 0 Å². The Morgan fingerprint density at radius 2 is 1.41 bits per heavy atom. The zero-order valence-electron chi connectivity index (χ0n) is 15.9. The fraction of sp³-hybridized carbons (Fsp3) is 0.381. The Morgan fingerprint density at radius 3 is 1.93 bits per heavy atom. The largest absolute Gasteiger partial charge is 0.457 e. The van der Waals surface area contributed by atoms with Crippen LogP contribution in [0, 0.1) is 3.57 Å². The number of carbonyl (C=O) groups excluding carboxylic acids is 1. The predicted octanol–water partition coefficient (Wildman–Crippen LogP) is 5.14. The van der Waals surface area contributed by atoms with Crippen molar-refractivity contribution < 1.29 is 14.3 Å². The van der Waals surface area contributed by atoms with E-state index in [1.54, 1.807) is 4.90 Å². The number of rotatable bonds is 3. The second-order valence-corrected chi connectivity index (χ2v) is 8.75. The van der Waals surface area contributed by atoms with Crippen LogP contribution in [0.15, 0.2) is 48.5 Å². The smallest absolute Gasteiger partial charge is 0.410 e. The Bertz CT molecular complexity index is 762. The zero-order valence-corrected chi connectivity index (χ0v) is 18.1. The average Bonchev–Trinajstić information content (AvgIpc) is 2.63. The van der Waals surface area contributed by atoms with E-state index >= 15 is 0 Å². The van der Waals surface area contributed by atoms with Crippen LogP contribution in [0.2, 0.25) is 0 Å². The Kier molecular flexibility index (Phi) is 6.14. The van der Waals surface area contributed by atoms with Crippen molar-refractivity contribution in [3.05, 3.63) is 52.1 Å². The molecule has 0 aliphatic carbocycles. The third-order valence-electron chi connectivity index (χ3n) is 4.18. The van der Waals surface area contributed by atoms with Gasteiger partial charge in [-0.15, -0.1) is 0 Å². The molecule has 0 saturated carbocycles. The van der Waals surface area contributed by atoms with Crippen LogP contribution in [0.5, 0.6) is 11.5 Å². The third-order valence-corrected chi connectivity index (χ3v) is 4.90. The quantitative estimate of drug-likeness (QED) is 0.571. The third kappa shape index (κ3) is 5.76. The number of hydrogen-bond donors (Lipinski definition) is 0. The molecule has 0 N–H and O–H groups in total. The van der Waals surface area contributed by atoms with Gasteiger partial charge < -0.3 is 19.3 Å². The minimum atomic E-state index is -0.457. The molecule has 1 saturated heterocycles. The van der Waals surface area contributed by atoms with Crippen molar-refractivity contribution in [2.45, 2.75) is 26.4 Å². The van der Waals surface area contributed by atoms with Gasteiger partial charge in [-0.05, 0) is 91.9 Å². The van der Waals surface area contributed by atoms with E-state index in [9.17, 15) is 4.79 Å². The lowest BCUT2D eigenvalue weighted by Crippen LogP contribution is -2.50. The zero-order chi connectivity index (χ0) is 19.4. The number of carbonyl (C=O) groups is 1. The maximum atomic E-state index is 12.2. The number of benzene rings is 2. The van der Waals surface area contributed by atoms with Gasteiger partial charge in [-0.3, -0.25) is 0 Å². The molecular weight excluding hydrogens is 455 g/mol. The highest BCUT2D eigenvalue weighted by atomic mass is 127. The standard InChI is InChI=1S/C21H25IN2O3/c1-21(2,3)27-20(25)24-14-12-23(13-15-24)17-6-10-19(11-7-17)26-18-8-4-16(22)5-9-18/h4-11H,12-15H2,1-3H3. The van der Waals surface area contributed by atoms with Gasteiger partial charge in [-0.1, -0.05) is 0 Å². The summed E-state index contributed by atoms with van der Waals surface area (Å²) >= 11 is 2.27. The van der Waals surface area contributed by atoms with Gasteiger partial charge in [0.05, 0.1) is 0 Å². The number of ether oxygens (including phenoxy) is 2. The molecule has 1 amide bonds. The number of nitrogens with zero attached hydrogens (tertiary/aromatic N) is 2. The van der Waals surface area contributed by atoms with Crippen LogP contribution in [0.3, 0.4) is 0 Å². The minimum Gasteiger partial charge on any atom is -0.457 e. The number of halogens is 1. The molecule has 2 aromatic carbocycles. The highest BCUT2D eigenvalue weighted by Gasteiger charge is 2.25. The molecule has 2 aromatic rings. The highest BCUT2D eigenvalue weighted by Crippen LogP contribution is 2.26. The number of amides is 1. The summed E-state index contributed by atoms with van der Waals surface area (Å²) in [4.78, 5) is 16.2. The summed E-state index contributed by atoms with van der Waals surface area (Å²) in [6.45, 7) is 8.57. The second-order valence-electron chi connectivity index (χ2n) is 7.50. The van der Waals surface area contributed by atoms with Crippen molar-refractivity contribution >= 4 is 34.4 Å². The lowest BCUT2D eigenvalue weighted by Gasteiger charge is -2.36. The first kappa shape index (κ1) is 19.8. The minimum absolute atomic E-state index is 0.233. The summed E-state index contributed by atoms with van der Waals surface area (Å²) in [5.74, 6) is 1.64. The van der Waals surface area contributed by atoms with Crippen molar-refractivity contribution in [2.75, 3.05) is 31.1 Å². The highest BCUT2D eigenvalue weighted by molar-refractivity contribution is 14.1. The van der Waals surface area contributed by atoms with Crippen molar-refractivity contribution in [2.24, 2.45) is 0 Å². The monoisotopic (exact) mass is 480 g/mol. The number of piperazine rings is 1. The van der Waals surface area contributed by atoms with Crippen LogP contribution in [0.4, 0.5) is 10.5 Å². The summed E-state index contributed by atoms with van der Waals surface area (Å²) in [7, 11) is 0. The molecular formula is C21H25IN2O3. The molecule has 0 atom stereocenters. The van der Waals surface area contributed by atoms with Gasteiger partial charge in [-0.2, -0.15) is 0 Å². The topological polar surface area (TPSA) is 42.0 Å². The van der Waals surface area contributed by atoms with Crippen molar-refractivity contribution in [3.63, 3.8) is 0 Å². The molecule has 1 aliphatic rings. The van der Waals surface area contributed by atoms with E-state index in [1.807, 2.05) is 57.2 Å². The Hall–Kier alpha value is -1.96. The fourth-order valence-electron chi connectivity index (χ4n) is 2.84. The summed E-state index contributed by atoms with van der Waals surface area (Å²) in [5, 5.41) is 0. The lowest BCUT2D eigenvalue weighted by atomic mass is 10.2. The van der Waals surface area contributed by atoms with Crippen molar-refractivity contribution in [1.82, 2.24) is 4.90 Å². The van der Waals surface area contributed by atoms with Crippen molar-refractivity contribution in [3.8, 4) is 11.5 Å². The average molecular weight is 480 g/mol. The molecule has 1 heterocycles. The molecule has 0 radical (unpaired) electrons. The van der Waals surface area contributed by atoms with Gasteiger partial charge in [-0.25, -0.2) is 4.79 Å². The van der Waals surface area contributed by atoms with Gasteiger partial charge in [0.2, 0.25) is 0 Å². The molecule has 144 valence electrons. The van der Waals surface area contributed by atoms with Crippen LogP contribution >= 0.6 is 22.6 Å². The van der Waals surface area contributed by atoms with E-state index in [-0.39, 0.29) is 6.09 Å². The Balaban J connectivity index is 1.54. The SMILES string of the molecule is CC(C)(C)OC(=O)N1CCN(c2ccc(Oc3ccc(I)cc3)cc2)CC1.